The highest BCUT2D eigenvalue weighted by atomic mass is 16.6. The molecular weight excluding hydrogens is 378 g/mol. The average Bonchev–Trinajstić information content (AvgIpc) is 3.42. The molecule has 2 saturated heterocycles. The Kier molecular flexibility index (Phi) is 7.31. The van der Waals surface area contributed by atoms with Crippen molar-refractivity contribution in [3.8, 4) is 0 Å². The third kappa shape index (κ3) is 6.10. The van der Waals surface area contributed by atoms with Crippen LogP contribution in [0, 0.1) is 10.1 Å². The molecule has 1 aromatic carbocycles. The van der Waals surface area contributed by atoms with Crippen molar-refractivity contribution in [1.29, 1.82) is 0 Å². The summed E-state index contributed by atoms with van der Waals surface area (Å²) in [4.78, 5) is 35.9. The molecule has 2 N–H and O–H groups in total. The molecule has 2 amide bonds. The SMILES string of the molecule is O=C(NC[C@H]1CCCO1)C(=Cc1cccc([N+](=O)[O-])c1)C(=O)NC[C@H]1CCCO1. The first-order valence-electron chi connectivity index (χ1n) is 9.78. The third-order valence-electron chi connectivity index (χ3n) is 4.91. The van der Waals surface area contributed by atoms with Gasteiger partial charge in [-0.1, -0.05) is 12.1 Å². The monoisotopic (exact) mass is 403 g/mol. The van der Waals surface area contributed by atoms with Crippen molar-refractivity contribution in [2.75, 3.05) is 26.3 Å². The van der Waals surface area contributed by atoms with E-state index in [4.69, 9.17) is 9.47 Å². The summed E-state index contributed by atoms with van der Waals surface area (Å²) in [6.45, 7) is 1.95. The number of nitrogens with zero attached hydrogens (tertiary/aromatic N) is 1. The van der Waals surface area contributed by atoms with Crippen molar-refractivity contribution >= 4 is 23.6 Å². The summed E-state index contributed by atoms with van der Waals surface area (Å²) in [6.07, 6.45) is 4.84. The summed E-state index contributed by atoms with van der Waals surface area (Å²) in [5.41, 5.74) is 0.174. The van der Waals surface area contributed by atoms with Crippen LogP contribution in [0.1, 0.15) is 31.2 Å². The van der Waals surface area contributed by atoms with Crippen LogP contribution in [0.25, 0.3) is 6.08 Å². The zero-order valence-corrected chi connectivity index (χ0v) is 16.1. The van der Waals surface area contributed by atoms with Gasteiger partial charge in [0.2, 0.25) is 0 Å². The molecule has 2 aliphatic rings. The van der Waals surface area contributed by atoms with E-state index in [1.807, 2.05) is 0 Å². The molecule has 2 fully saturated rings. The van der Waals surface area contributed by atoms with Crippen LogP contribution in [-0.2, 0) is 19.1 Å². The Labute approximate surface area is 168 Å². The van der Waals surface area contributed by atoms with Crippen molar-refractivity contribution in [3.63, 3.8) is 0 Å². The predicted octanol–water partition coefficient (Wildman–Crippen LogP) is 1.57. The van der Waals surface area contributed by atoms with Gasteiger partial charge in [-0.3, -0.25) is 19.7 Å². The highest BCUT2D eigenvalue weighted by Gasteiger charge is 2.23. The Hall–Kier alpha value is -2.78. The number of rotatable bonds is 8. The van der Waals surface area contributed by atoms with E-state index in [-0.39, 0.29) is 23.5 Å². The number of nitrogens with one attached hydrogen (secondary N) is 2. The van der Waals surface area contributed by atoms with E-state index in [0.717, 1.165) is 25.7 Å². The van der Waals surface area contributed by atoms with Crippen LogP contribution in [0.2, 0.25) is 0 Å². The van der Waals surface area contributed by atoms with E-state index in [0.29, 0.717) is 31.9 Å². The summed E-state index contributed by atoms with van der Waals surface area (Å²) < 4.78 is 11.0. The van der Waals surface area contributed by atoms with Crippen LogP contribution in [0.15, 0.2) is 29.8 Å². The Bertz CT molecular complexity index is 748. The van der Waals surface area contributed by atoms with E-state index in [9.17, 15) is 19.7 Å². The molecule has 2 atom stereocenters. The van der Waals surface area contributed by atoms with Gasteiger partial charge in [-0.15, -0.1) is 0 Å². The molecule has 9 heteroatoms. The second kappa shape index (κ2) is 10.1. The number of amides is 2. The number of ether oxygens (including phenoxy) is 2. The molecule has 0 bridgehead atoms. The first-order chi connectivity index (χ1) is 14.0. The zero-order chi connectivity index (χ0) is 20.6. The van der Waals surface area contributed by atoms with E-state index in [2.05, 4.69) is 10.6 Å². The van der Waals surface area contributed by atoms with Gasteiger partial charge in [-0.05, 0) is 37.3 Å². The number of carbonyl (C=O) groups excluding carboxylic acids is 2. The predicted molar refractivity (Wildman–Crippen MR) is 105 cm³/mol. The fourth-order valence-corrected chi connectivity index (χ4v) is 3.34. The lowest BCUT2D eigenvalue weighted by atomic mass is 10.1. The van der Waals surface area contributed by atoms with Gasteiger partial charge >= 0.3 is 0 Å². The number of nitro benzene ring substituents is 1. The Morgan fingerprint density at radius 2 is 1.66 bits per heavy atom. The minimum atomic E-state index is -0.545. The summed E-state index contributed by atoms with van der Waals surface area (Å²) >= 11 is 0. The molecule has 29 heavy (non-hydrogen) atoms. The Balaban J connectivity index is 1.73. The van der Waals surface area contributed by atoms with Gasteiger partial charge < -0.3 is 20.1 Å². The largest absolute Gasteiger partial charge is 0.376 e. The average molecular weight is 403 g/mol. The number of hydrogen-bond donors (Lipinski definition) is 2. The second-order valence-electron chi connectivity index (χ2n) is 7.10. The maximum absolute atomic E-state index is 12.7. The summed E-state index contributed by atoms with van der Waals surface area (Å²) in [7, 11) is 0. The van der Waals surface area contributed by atoms with Crippen LogP contribution in [-0.4, -0.2) is 55.2 Å². The molecule has 3 rings (SSSR count). The third-order valence-corrected chi connectivity index (χ3v) is 4.91. The van der Waals surface area contributed by atoms with E-state index in [1.165, 1.54) is 24.3 Å². The van der Waals surface area contributed by atoms with Crippen molar-refractivity contribution in [2.45, 2.75) is 37.9 Å². The Morgan fingerprint density at radius 3 is 2.14 bits per heavy atom. The lowest BCUT2D eigenvalue weighted by Gasteiger charge is -2.14. The summed E-state index contributed by atoms with van der Waals surface area (Å²) in [6, 6.07) is 5.79. The molecule has 9 nitrogen and oxygen atoms in total. The highest BCUT2D eigenvalue weighted by molar-refractivity contribution is 6.21. The van der Waals surface area contributed by atoms with Gasteiger partial charge in [0.1, 0.15) is 5.57 Å². The maximum atomic E-state index is 12.7. The first kappa shape index (κ1) is 20.9. The number of carbonyl (C=O) groups is 2. The quantitative estimate of drug-likeness (QED) is 0.224. The fourth-order valence-electron chi connectivity index (χ4n) is 3.34. The highest BCUT2D eigenvalue weighted by Crippen LogP contribution is 2.17. The van der Waals surface area contributed by atoms with Gasteiger partial charge in [0, 0.05) is 38.4 Å². The number of nitro groups is 1. The van der Waals surface area contributed by atoms with Crippen molar-refractivity contribution < 1.29 is 24.0 Å². The molecule has 0 unspecified atom stereocenters. The molecule has 2 aliphatic heterocycles. The van der Waals surface area contributed by atoms with E-state index >= 15 is 0 Å². The molecule has 0 aliphatic carbocycles. The van der Waals surface area contributed by atoms with E-state index in [1.54, 1.807) is 6.07 Å². The van der Waals surface area contributed by atoms with Crippen LogP contribution >= 0.6 is 0 Å². The van der Waals surface area contributed by atoms with Crippen molar-refractivity contribution in [1.82, 2.24) is 10.6 Å². The first-order valence-corrected chi connectivity index (χ1v) is 9.78. The number of hydrogen-bond acceptors (Lipinski definition) is 6. The van der Waals surface area contributed by atoms with Gasteiger partial charge in [-0.2, -0.15) is 0 Å². The van der Waals surface area contributed by atoms with Crippen molar-refractivity contribution in [3.05, 3.63) is 45.5 Å². The van der Waals surface area contributed by atoms with Crippen LogP contribution < -0.4 is 10.6 Å². The minimum Gasteiger partial charge on any atom is -0.376 e. The fraction of sp³-hybridized carbons (Fsp3) is 0.500. The lowest BCUT2D eigenvalue weighted by Crippen LogP contribution is -2.40. The van der Waals surface area contributed by atoms with Gasteiger partial charge in [0.25, 0.3) is 17.5 Å². The molecular formula is C20H25N3O6. The molecule has 2 heterocycles. The lowest BCUT2D eigenvalue weighted by molar-refractivity contribution is -0.384. The molecule has 0 aromatic heterocycles. The number of benzene rings is 1. The minimum absolute atomic E-state index is 0.0621. The summed E-state index contributed by atoms with van der Waals surface area (Å²) in [5, 5.41) is 16.5. The van der Waals surface area contributed by atoms with Crippen LogP contribution in [0.5, 0.6) is 0 Å². The smallest absolute Gasteiger partial charge is 0.270 e. The second-order valence-corrected chi connectivity index (χ2v) is 7.10. The zero-order valence-electron chi connectivity index (χ0n) is 16.1. The Morgan fingerprint density at radius 1 is 1.07 bits per heavy atom. The maximum Gasteiger partial charge on any atom is 0.270 e. The van der Waals surface area contributed by atoms with Crippen LogP contribution in [0.3, 0.4) is 0 Å². The van der Waals surface area contributed by atoms with Gasteiger partial charge in [0.05, 0.1) is 17.1 Å². The topological polar surface area (TPSA) is 120 Å². The van der Waals surface area contributed by atoms with Gasteiger partial charge in [0.15, 0.2) is 0 Å². The molecule has 0 radical (unpaired) electrons. The standard InChI is InChI=1S/C20H25N3O6/c24-19(21-12-16-6-2-8-28-16)18(20(25)22-13-17-7-3-9-29-17)11-14-4-1-5-15(10-14)23(26)27/h1,4-5,10-11,16-17H,2-3,6-9,12-13H2,(H,21,24)(H,22,25)/t16-,17-/m1/s1. The summed E-state index contributed by atoms with van der Waals surface area (Å²) in [5.74, 6) is -1.09. The van der Waals surface area contributed by atoms with Crippen molar-refractivity contribution in [2.24, 2.45) is 0 Å². The molecule has 0 saturated carbocycles. The van der Waals surface area contributed by atoms with Gasteiger partial charge in [-0.25, -0.2) is 0 Å². The molecule has 0 spiro atoms. The number of non-ortho nitro benzene ring substituents is 1. The van der Waals surface area contributed by atoms with Crippen LogP contribution in [0.4, 0.5) is 5.69 Å². The van der Waals surface area contributed by atoms with E-state index < -0.39 is 16.7 Å². The normalized spacial score (nSPS) is 20.8. The molecule has 156 valence electrons. The molecule has 1 aromatic rings.